The number of carbonyl (C=O) groups excluding carboxylic acids is 2. The highest BCUT2D eigenvalue weighted by Crippen LogP contribution is 2.37. The molecule has 2 aromatic heterocycles. The van der Waals surface area contributed by atoms with Crippen molar-refractivity contribution in [2.75, 3.05) is 11.4 Å². The highest BCUT2D eigenvalue weighted by molar-refractivity contribution is 5.98. The van der Waals surface area contributed by atoms with Crippen molar-refractivity contribution in [1.82, 2.24) is 14.6 Å². The molecule has 0 radical (unpaired) electrons. The summed E-state index contributed by atoms with van der Waals surface area (Å²) in [6.07, 6.45) is 1.80. The maximum Gasteiger partial charge on any atom is 0.254 e. The van der Waals surface area contributed by atoms with E-state index in [0.29, 0.717) is 11.4 Å². The SMILES string of the molecule is NC(=O)c1cc(F)cc(C2C[C@H](F)CN2c2ccn3ncc(C(N)=O)c3n2)c1. The van der Waals surface area contributed by atoms with Gasteiger partial charge >= 0.3 is 0 Å². The number of hydrogen-bond acceptors (Lipinski definition) is 5. The zero-order chi connectivity index (χ0) is 20.0. The van der Waals surface area contributed by atoms with Crippen LogP contribution in [0.15, 0.2) is 36.7 Å². The third kappa shape index (κ3) is 3.02. The highest BCUT2D eigenvalue weighted by Gasteiger charge is 2.35. The van der Waals surface area contributed by atoms with Gasteiger partial charge < -0.3 is 16.4 Å². The molecule has 4 rings (SSSR count). The van der Waals surface area contributed by atoms with Crippen molar-refractivity contribution in [2.45, 2.75) is 18.6 Å². The summed E-state index contributed by atoms with van der Waals surface area (Å²) >= 11 is 0. The van der Waals surface area contributed by atoms with Gasteiger partial charge in [-0.15, -0.1) is 0 Å². The van der Waals surface area contributed by atoms with Crippen molar-refractivity contribution >= 4 is 23.3 Å². The molecule has 2 atom stereocenters. The number of aromatic nitrogens is 3. The Labute approximate surface area is 157 Å². The van der Waals surface area contributed by atoms with Crippen LogP contribution in [0, 0.1) is 5.82 Å². The monoisotopic (exact) mass is 386 g/mol. The van der Waals surface area contributed by atoms with Gasteiger partial charge in [0.15, 0.2) is 5.65 Å². The van der Waals surface area contributed by atoms with Crippen molar-refractivity contribution < 1.29 is 18.4 Å². The summed E-state index contributed by atoms with van der Waals surface area (Å²) < 4.78 is 29.6. The number of nitrogens with zero attached hydrogens (tertiary/aromatic N) is 4. The predicted molar refractivity (Wildman–Crippen MR) is 96.0 cm³/mol. The molecule has 1 fully saturated rings. The van der Waals surface area contributed by atoms with Gasteiger partial charge in [0.1, 0.15) is 23.4 Å². The Bertz CT molecular complexity index is 1100. The molecule has 0 bridgehead atoms. The molecule has 10 heteroatoms. The fourth-order valence-corrected chi connectivity index (χ4v) is 3.49. The molecule has 2 amide bonds. The summed E-state index contributed by atoms with van der Waals surface area (Å²) in [6.45, 7) is 0.0241. The maximum absolute atomic E-state index is 14.3. The summed E-state index contributed by atoms with van der Waals surface area (Å²) in [5.74, 6) is -1.71. The smallest absolute Gasteiger partial charge is 0.254 e. The number of fused-ring (bicyclic) bond motifs is 1. The van der Waals surface area contributed by atoms with Gasteiger partial charge in [-0.2, -0.15) is 5.10 Å². The van der Waals surface area contributed by atoms with E-state index in [1.54, 1.807) is 17.2 Å². The van der Waals surface area contributed by atoms with Crippen molar-refractivity contribution in [3.05, 3.63) is 59.2 Å². The number of nitrogens with two attached hydrogens (primary N) is 2. The number of amides is 2. The van der Waals surface area contributed by atoms with E-state index in [1.807, 2.05) is 0 Å². The first-order valence-corrected chi connectivity index (χ1v) is 8.48. The van der Waals surface area contributed by atoms with Gasteiger partial charge in [-0.05, 0) is 29.8 Å². The maximum atomic E-state index is 14.3. The highest BCUT2D eigenvalue weighted by atomic mass is 19.1. The number of primary amides is 2. The molecular formula is C18H16F2N6O2. The Balaban J connectivity index is 1.78. The molecule has 1 aliphatic heterocycles. The standard InChI is InChI=1S/C18H16F2N6O2/c19-11-4-9(3-10(5-11)16(21)27)14-6-12(20)8-25(14)15-1-2-26-18(24-15)13(7-23-26)17(22)28/h1-5,7,12,14H,6,8H2,(H2,21,27)(H2,22,28)/t12-,14?/m0/s1. The number of carbonyl (C=O) groups is 2. The van der Waals surface area contributed by atoms with Crippen LogP contribution >= 0.6 is 0 Å². The van der Waals surface area contributed by atoms with Crippen LogP contribution in [-0.2, 0) is 0 Å². The second-order valence-electron chi connectivity index (χ2n) is 6.62. The van der Waals surface area contributed by atoms with E-state index in [9.17, 15) is 18.4 Å². The van der Waals surface area contributed by atoms with Gasteiger partial charge in [-0.3, -0.25) is 9.59 Å². The Kier molecular flexibility index (Phi) is 4.17. The summed E-state index contributed by atoms with van der Waals surface area (Å²) in [5.41, 5.74) is 11.4. The minimum absolute atomic E-state index is 0.00692. The van der Waals surface area contributed by atoms with Crippen molar-refractivity contribution in [3.63, 3.8) is 0 Å². The Morgan fingerprint density at radius 3 is 2.68 bits per heavy atom. The lowest BCUT2D eigenvalue weighted by Crippen LogP contribution is -2.25. The van der Waals surface area contributed by atoms with Crippen LogP contribution in [0.1, 0.15) is 38.7 Å². The summed E-state index contributed by atoms with van der Waals surface area (Å²) in [5, 5.41) is 4.00. The largest absolute Gasteiger partial charge is 0.366 e. The average molecular weight is 386 g/mol. The van der Waals surface area contributed by atoms with Crippen LogP contribution in [0.4, 0.5) is 14.6 Å². The lowest BCUT2D eigenvalue weighted by molar-refractivity contribution is 0.0992. The Morgan fingerprint density at radius 2 is 1.96 bits per heavy atom. The van der Waals surface area contributed by atoms with E-state index in [4.69, 9.17) is 11.5 Å². The van der Waals surface area contributed by atoms with E-state index in [0.717, 1.165) is 6.07 Å². The molecule has 144 valence electrons. The van der Waals surface area contributed by atoms with Crippen molar-refractivity contribution in [2.24, 2.45) is 11.5 Å². The second kappa shape index (κ2) is 6.55. The third-order valence-corrected chi connectivity index (χ3v) is 4.75. The Morgan fingerprint density at radius 1 is 1.18 bits per heavy atom. The molecule has 1 saturated heterocycles. The first-order valence-electron chi connectivity index (χ1n) is 8.48. The first kappa shape index (κ1) is 17.8. The quantitative estimate of drug-likeness (QED) is 0.702. The summed E-state index contributed by atoms with van der Waals surface area (Å²) in [7, 11) is 0. The molecule has 1 unspecified atom stereocenters. The minimum Gasteiger partial charge on any atom is -0.366 e. The molecule has 28 heavy (non-hydrogen) atoms. The predicted octanol–water partition coefficient (Wildman–Crippen LogP) is 1.36. The van der Waals surface area contributed by atoms with Crippen LogP contribution < -0.4 is 16.4 Å². The molecule has 1 aromatic carbocycles. The Hall–Kier alpha value is -3.56. The van der Waals surface area contributed by atoms with Gasteiger partial charge in [0.25, 0.3) is 5.91 Å². The van der Waals surface area contributed by atoms with Gasteiger partial charge in [0.05, 0.1) is 18.8 Å². The number of benzene rings is 1. The normalized spacial score (nSPS) is 19.3. The van der Waals surface area contributed by atoms with Gasteiger partial charge in [-0.1, -0.05) is 0 Å². The van der Waals surface area contributed by atoms with E-state index in [2.05, 4.69) is 10.1 Å². The fourth-order valence-electron chi connectivity index (χ4n) is 3.49. The van der Waals surface area contributed by atoms with E-state index in [-0.39, 0.29) is 29.7 Å². The van der Waals surface area contributed by atoms with Gasteiger partial charge in [-0.25, -0.2) is 18.3 Å². The molecule has 0 spiro atoms. The van der Waals surface area contributed by atoms with Gasteiger partial charge in [0, 0.05) is 18.2 Å². The number of hydrogen-bond donors (Lipinski definition) is 2. The summed E-state index contributed by atoms with van der Waals surface area (Å²) in [6, 6.07) is 4.79. The molecule has 0 saturated carbocycles. The van der Waals surface area contributed by atoms with Crippen LogP contribution in [0.5, 0.6) is 0 Å². The zero-order valence-electron chi connectivity index (χ0n) is 14.5. The topological polar surface area (TPSA) is 120 Å². The molecular weight excluding hydrogens is 370 g/mol. The summed E-state index contributed by atoms with van der Waals surface area (Å²) in [4.78, 5) is 29.1. The van der Waals surface area contributed by atoms with E-state index in [1.165, 1.54) is 22.8 Å². The van der Waals surface area contributed by atoms with E-state index >= 15 is 0 Å². The van der Waals surface area contributed by atoms with Crippen LogP contribution in [0.25, 0.3) is 5.65 Å². The molecule has 3 aromatic rings. The molecule has 1 aliphatic rings. The molecule has 4 N–H and O–H groups in total. The molecule has 0 aliphatic carbocycles. The van der Waals surface area contributed by atoms with Crippen molar-refractivity contribution in [1.29, 1.82) is 0 Å². The van der Waals surface area contributed by atoms with Gasteiger partial charge in [0.2, 0.25) is 5.91 Å². The first-order chi connectivity index (χ1) is 13.3. The fraction of sp³-hybridized carbons (Fsp3) is 0.222. The van der Waals surface area contributed by atoms with Crippen LogP contribution in [0.3, 0.4) is 0 Å². The minimum atomic E-state index is -1.18. The third-order valence-electron chi connectivity index (χ3n) is 4.75. The average Bonchev–Trinajstić information content (AvgIpc) is 3.24. The lowest BCUT2D eigenvalue weighted by atomic mass is 10.0. The number of halogens is 2. The van der Waals surface area contributed by atoms with Crippen LogP contribution in [-0.4, -0.2) is 39.1 Å². The lowest BCUT2D eigenvalue weighted by Gasteiger charge is -2.26. The number of alkyl halides is 1. The van der Waals surface area contributed by atoms with E-state index < -0.39 is 29.8 Å². The van der Waals surface area contributed by atoms with Crippen molar-refractivity contribution in [3.8, 4) is 0 Å². The molecule has 8 nitrogen and oxygen atoms in total. The van der Waals surface area contributed by atoms with Crippen LogP contribution in [0.2, 0.25) is 0 Å². The number of anilines is 1. The second-order valence-corrected chi connectivity index (χ2v) is 6.62. The molecule has 3 heterocycles. The zero-order valence-corrected chi connectivity index (χ0v) is 14.5. The number of rotatable bonds is 4.